The van der Waals surface area contributed by atoms with Gasteiger partial charge in [-0.3, -0.25) is 4.79 Å². The summed E-state index contributed by atoms with van der Waals surface area (Å²) in [7, 11) is 0. The number of hydrogen-bond acceptors (Lipinski definition) is 4. The molecule has 1 saturated heterocycles. The first kappa shape index (κ1) is 16.1. The second kappa shape index (κ2) is 6.21. The number of thiazole rings is 1. The maximum Gasteiger partial charge on any atom is 0.427 e. The maximum atomic E-state index is 12.6. The maximum absolute atomic E-state index is 12.6. The molecule has 0 saturated carbocycles. The zero-order valence-electron chi connectivity index (χ0n) is 12.0. The minimum atomic E-state index is -4.35. The van der Waals surface area contributed by atoms with Gasteiger partial charge in [-0.25, -0.2) is 4.98 Å². The standard InChI is InChI=1S/C13H18F3N3OS/c1-9(2)11(20)18-4-3-5-19(7-6-18)12-17-8-10(21-12)13(14,15)16/h8-9H,3-7H2,1-2H3. The van der Waals surface area contributed by atoms with Gasteiger partial charge in [-0.05, 0) is 6.42 Å². The van der Waals surface area contributed by atoms with Gasteiger partial charge in [-0.2, -0.15) is 13.2 Å². The summed E-state index contributed by atoms with van der Waals surface area (Å²) in [6.45, 7) is 6.00. The Bertz CT molecular complexity index is 501. The Labute approximate surface area is 125 Å². The predicted octanol–water partition coefficient (Wildman–Crippen LogP) is 2.86. The van der Waals surface area contributed by atoms with E-state index in [0.717, 1.165) is 12.6 Å². The van der Waals surface area contributed by atoms with Crippen LogP contribution in [0.2, 0.25) is 0 Å². The molecule has 1 aliphatic rings. The van der Waals surface area contributed by atoms with Crippen molar-refractivity contribution in [2.75, 3.05) is 31.1 Å². The number of aromatic nitrogens is 1. The van der Waals surface area contributed by atoms with E-state index in [1.54, 1.807) is 4.90 Å². The number of halogens is 3. The van der Waals surface area contributed by atoms with Gasteiger partial charge < -0.3 is 9.80 Å². The second-order valence-corrected chi connectivity index (χ2v) is 6.33. The SMILES string of the molecule is CC(C)C(=O)N1CCCN(c2ncc(C(F)(F)F)s2)CC1. The number of alkyl halides is 3. The van der Waals surface area contributed by atoms with Crippen molar-refractivity contribution in [3.63, 3.8) is 0 Å². The lowest BCUT2D eigenvalue weighted by molar-refractivity contribution is -0.135. The Kier molecular flexibility index (Phi) is 4.75. The Hall–Kier alpha value is -1.31. The molecule has 0 aliphatic carbocycles. The molecule has 0 N–H and O–H groups in total. The molecule has 1 aliphatic heterocycles. The summed E-state index contributed by atoms with van der Waals surface area (Å²) in [5, 5.41) is 0.376. The average molecular weight is 321 g/mol. The van der Waals surface area contributed by atoms with Crippen LogP contribution >= 0.6 is 11.3 Å². The van der Waals surface area contributed by atoms with Crippen molar-refractivity contribution in [1.82, 2.24) is 9.88 Å². The van der Waals surface area contributed by atoms with Crippen LogP contribution in [0.5, 0.6) is 0 Å². The fraction of sp³-hybridized carbons (Fsp3) is 0.692. The van der Waals surface area contributed by atoms with Crippen LogP contribution in [0.4, 0.5) is 18.3 Å². The lowest BCUT2D eigenvalue weighted by Crippen LogP contribution is -2.37. The van der Waals surface area contributed by atoms with Crippen LogP contribution in [0.1, 0.15) is 25.1 Å². The predicted molar refractivity (Wildman–Crippen MR) is 75.4 cm³/mol. The van der Waals surface area contributed by atoms with Gasteiger partial charge >= 0.3 is 6.18 Å². The Morgan fingerprint density at radius 1 is 1.29 bits per heavy atom. The summed E-state index contributed by atoms with van der Waals surface area (Å²) in [6.07, 6.45) is -2.73. The van der Waals surface area contributed by atoms with Gasteiger partial charge in [0.05, 0.1) is 6.20 Å². The van der Waals surface area contributed by atoms with Crippen molar-refractivity contribution in [3.8, 4) is 0 Å². The smallest absolute Gasteiger partial charge is 0.346 e. The molecule has 0 radical (unpaired) electrons. The number of amides is 1. The monoisotopic (exact) mass is 321 g/mol. The number of anilines is 1. The number of nitrogens with zero attached hydrogens (tertiary/aromatic N) is 3. The van der Waals surface area contributed by atoms with E-state index in [0.29, 0.717) is 42.6 Å². The van der Waals surface area contributed by atoms with Crippen molar-refractivity contribution in [3.05, 3.63) is 11.1 Å². The van der Waals surface area contributed by atoms with Crippen LogP contribution in [0, 0.1) is 5.92 Å². The van der Waals surface area contributed by atoms with E-state index < -0.39 is 11.1 Å². The molecule has 118 valence electrons. The Morgan fingerprint density at radius 3 is 2.57 bits per heavy atom. The molecule has 0 bridgehead atoms. The highest BCUT2D eigenvalue weighted by atomic mass is 32.1. The van der Waals surface area contributed by atoms with E-state index in [1.807, 2.05) is 18.7 Å². The van der Waals surface area contributed by atoms with Crippen molar-refractivity contribution < 1.29 is 18.0 Å². The third-order valence-electron chi connectivity index (χ3n) is 3.34. The molecule has 1 aromatic rings. The topological polar surface area (TPSA) is 36.4 Å². The fourth-order valence-corrected chi connectivity index (χ4v) is 3.07. The molecule has 0 atom stereocenters. The molecule has 2 rings (SSSR count). The zero-order valence-corrected chi connectivity index (χ0v) is 12.8. The lowest BCUT2D eigenvalue weighted by atomic mass is 10.2. The molecular formula is C13H18F3N3OS. The molecule has 1 aromatic heterocycles. The molecule has 8 heteroatoms. The Balaban J connectivity index is 2.03. The summed E-state index contributed by atoms with van der Waals surface area (Å²) >= 11 is 0.658. The fourth-order valence-electron chi connectivity index (χ4n) is 2.24. The van der Waals surface area contributed by atoms with Gasteiger partial charge in [-0.15, -0.1) is 0 Å². The summed E-state index contributed by atoms with van der Waals surface area (Å²) in [6, 6.07) is 0. The summed E-state index contributed by atoms with van der Waals surface area (Å²) in [5.74, 6) is 0.0280. The van der Waals surface area contributed by atoms with Gasteiger partial charge in [0.25, 0.3) is 0 Å². The van der Waals surface area contributed by atoms with E-state index in [1.165, 1.54) is 0 Å². The average Bonchev–Trinajstić information content (AvgIpc) is 2.77. The molecule has 0 aromatic carbocycles. The van der Waals surface area contributed by atoms with Gasteiger partial charge in [0, 0.05) is 32.1 Å². The van der Waals surface area contributed by atoms with Crippen LogP contribution in [0.15, 0.2) is 6.20 Å². The van der Waals surface area contributed by atoms with E-state index in [4.69, 9.17) is 0 Å². The summed E-state index contributed by atoms with van der Waals surface area (Å²) < 4.78 is 37.8. The highest BCUT2D eigenvalue weighted by Crippen LogP contribution is 2.36. The third kappa shape index (κ3) is 3.87. The van der Waals surface area contributed by atoms with Crippen molar-refractivity contribution >= 4 is 22.4 Å². The molecule has 0 spiro atoms. The van der Waals surface area contributed by atoms with Gasteiger partial charge in [0.15, 0.2) is 5.13 Å². The van der Waals surface area contributed by atoms with Crippen LogP contribution in [-0.4, -0.2) is 42.0 Å². The van der Waals surface area contributed by atoms with Gasteiger partial charge in [0.1, 0.15) is 4.88 Å². The Morgan fingerprint density at radius 2 is 2.00 bits per heavy atom. The minimum Gasteiger partial charge on any atom is -0.346 e. The molecular weight excluding hydrogens is 303 g/mol. The highest BCUT2D eigenvalue weighted by Gasteiger charge is 2.34. The number of carbonyl (C=O) groups excluding carboxylic acids is 1. The van der Waals surface area contributed by atoms with E-state index in [-0.39, 0.29) is 11.8 Å². The quantitative estimate of drug-likeness (QED) is 0.840. The summed E-state index contributed by atoms with van der Waals surface area (Å²) in [5.41, 5.74) is 0. The van der Waals surface area contributed by atoms with Crippen LogP contribution in [-0.2, 0) is 11.0 Å². The number of carbonyl (C=O) groups is 1. The van der Waals surface area contributed by atoms with Gasteiger partial charge in [-0.1, -0.05) is 25.2 Å². The molecule has 1 amide bonds. The van der Waals surface area contributed by atoms with Crippen molar-refractivity contribution in [1.29, 1.82) is 0 Å². The van der Waals surface area contributed by atoms with Crippen molar-refractivity contribution in [2.45, 2.75) is 26.4 Å². The van der Waals surface area contributed by atoms with Crippen LogP contribution < -0.4 is 4.90 Å². The molecule has 4 nitrogen and oxygen atoms in total. The molecule has 21 heavy (non-hydrogen) atoms. The van der Waals surface area contributed by atoms with Crippen LogP contribution in [0.3, 0.4) is 0 Å². The van der Waals surface area contributed by atoms with E-state index in [9.17, 15) is 18.0 Å². The van der Waals surface area contributed by atoms with E-state index >= 15 is 0 Å². The minimum absolute atomic E-state index is 0.0618. The normalized spacial score (nSPS) is 17.2. The van der Waals surface area contributed by atoms with Gasteiger partial charge in [0.2, 0.25) is 5.91 Å². The van der Waals surface area contributed by atoms with Crippen molar-refractivity contribution in [2.24, 2.45) is 5.92 Å². The number of rotatable bonds is 2. The molecule has 2 heterocycles. The first-order chi connectivity index (χ1) is 9.79. The van der Waals surface area contributed by atoms with E-state index in [2.05, 4.69) is 4.98 Å². The molecule has 1 fully saturated rings. The van der Waals surface area contributed by atoms with Crippen LogP contribution in [0.25, 0.3) is 0 Å². The first-order valence-electron chi connectivity index (χ1n) is 6.86. The third-order valence-corrected chi connectivity index (χ3v) is 4.45. The zero-order chi connectivity index (χ0) is 15.6. The largest absolute Gasteiger partial charge is 0.427 e. The lowest BCUT2D eigenvalue weighted by Gasteiger charge is -2.23. The summed E-state index contributed by atoms with van der Waals surface area (Å²) in [4.78, 5) is 18.8. The number of hydrogen-bond donors (Lipinski definition) is 0. The first-order valence-corrected chi connectivity index (χ1v) is 7.67. The second-order valence-electron chi connectivity index (χ2n) is 5.33. The highest BCUT2D eigenvalue weighted by molar-refractivity contribution is 7.15. The molecule has 0 unspecified atom stereocenters.